The topological polar surface area (TPSA) is 88.2 Å². The van der Waals surface area contributed by atoms with Crippen molar-refractivity contribution in [1.82, 2.24) is 4.98 Å². The SMILES string of the molecule is NC(=O)c1cc(NC2CCCCC2O)ccn1. The van der Waals surface area contributed by atoms with Gasteiger partial charge in [0.25, 0.3) is 5.91 Å². The van der Waals surface area contributed by atoms with E-state index in [9.17, 15) is 9.90 Å². The standard InChI is InChI=1S/C12H17N3O2/c13-12(17)10-7-8(5-6-14-10)15-9-3-1-2-4-11(9)16/h5-7,9,11,16H,1-4H2,(H2,13,17)(H,14,15). The lowest BCUT2D eigenvalue weighted by atomic mass is 9.92. The first-order valence-electron chi connectivity index (χ1n) is 5.87. The third kappa shape index (κ3) is 2.94. The minimum absolute atomic E-state index is 0.0480. The van der Waals surface area contributed by atoms with Crippen LogP contribution in [-0.4, -0.2) is 28.1 Å². The summed E-state index contributed by atoms with van der Waals surface area (Å²) < 4.78 is 0. The van der Waals surface area contributed by atoms with Crippen molar-refractivity contribution in [3.05, 3.63) is 24.0 Å². The Morgan fingerprint density at radius 1 is 1.47 bits per heavy atom. The molecular weight excluding hydrogens is 218 g/mol. The number of nitrogens with zero attached hydrogens (tertiary/aromatic N) is 1. The van der Waals surface area contributed by atoms with E-state index in [1.807, 2.05) is 0 Å². The van der Waals surface area contributed by atoms with Gasteiger partial charge in [0, 0.05) is 11.9 Å². The molecule has 2 rings (SSSR count). The zero-order valence-corrected chi connectivity index (χ0v) is 9.60. The van der Waals surface area contributed by atoms with Crippen LogP contribution in [0, 0.1) is 0 Å². The largest absolute Gasteiger partial charge is 0.391 e. The number of hydrogen-bond donors (Lipinski definition) is 3. The molecule has 17 heavy (non-hydrogen) atoms. The molecule has 1 aromatic heterocycles. The zero-order chi connectivity index (χ0) is 12.3. The molecule has 0 aliphatic heterocycles. The van der Waals surface area contributed by atoms with Crippen LogP contribution in [0.15, 0.2) is 18.3 Å². The molecule has 1 aliphatic rings. The van der Waals surface area contributed by atoms with Gasteiger partial charge in [-0.05, 0) is 25.0 Å². The van der Waals surface area contributed by atoms with E-state index in [1.165, 1.54) is 6.20 Å². The Morgan fingerprint density at radius 2 is 2.24 bits per heavy atom. The predicted octanol–water partition coefficient (Wildman–Crippen LogP) is 0.896. The lowest BCUT2D eigenvalue weighted by Gasteiger charge is -2.29. The van der Waals surface area contributed by atoms with Crippen LogP contribution in [0.2, 0.25) is 0 Å². The van der Waals surface area contributed by atoms with Gasteiger partial charge in [0.05, 0.1) is 12.1 Å². The lowest BCUT2D eigenvalue weighted by molar-refractivity contribution is 0.0995. The molecule has 1 aromatic rings. The molecule has 5 heteroatoms. The van der Waals surface area contributed by atoms with Crippen molar-refractivity contribution < 1.29 is 9.90 Å². The molecule has 1 aliphatic carbocycles. The van der Waals surface area contributed by atoms with Crippen LogP contribution in [0.4, 0.5) is 5.69 Å². The number of anilines is 1. The van der Waals surface area contributed by atoms with Gasteiger partial charge in [-0.2, -0.15) is 0 Å². The van der Waals surface area contributed by atoms with Gasteiger partial charge in [-0.1, -0.05) is 12.8 Å². The van der Waals surface area contributed by atoms with Gasteiger partial charge in [0.1, 0.15) is 5.69 Å². The van der Waals surface area contributed by atoms with Crippen molar-refractivity contribution in [2.24, 2.45) is 5.73 Å². The Labute approximate surface area is 100 Å². The number of carbonyl (C=O) groups is 1. The van der Waals surface area contributed by atoms with E-state index in [-0.39, 0.29) is 17.8 Å². The van der Waals surface area contributed by atoms with Gasteiger partial charge in [-0.15, -0.1) is 0 Å². The summed E-state index contributed by atoms with van der Waals surface area (Å²) in [6.07, 6.45) is 5.16. The number of nitrogens with two attached hydrogens (primary N) is 1. The Morgan fingerprint density at radius 3 is 2.94 bits per heavy atom. The second-order valence-corrected chi connectivity index (χ2v) is 4.40. The van der Waals surface area contributed by atoms with Crippen LogP contribution >= 0.6 is 0 Å². The van der Waals surface area contributed by atoms with Crippen LogP contribution in [-0.2, 0) is 0 Å². The van der Waals surface area contributed by atoms with Gasteiger partial charge in [0.15, 0.2) is 0 Å². The number of primary amides is 1. The fourth-order valence-corrected chi connectivity index (χ4v) is 2.15. The second kappa shape index (κ2) is 5.14. The molecular formula is C12H17N3O2. The van der Waals surface area contributed by atoms with Crippen LogP contribution in [0.1, 0.15) is 36.2 Å². The van der Waals surface area contributed by atoms with Gasteiger partial charge in [-0.3, -0.25) is 9.78 Å². The van der Waals surface area contributed by atoms with Crippen molar-refractivity contribution in [2.45, 2.75) is 37.8 Å². The lowest BCUT2D eigenvalue weighted by Crippen LogP contribution is -2.36. The van der Waals surface area contributed by atoms with E-state index in [4.69, 9.17) is 5.73 Å². The Bertz CT molecular complexity index is 408. The maximum Gasteiger partial charge on any atom is 0.267 e. The number of pyridine rings is 1. The van der Waals surface area contributed by atoms with Crippen molar-refractivity contribution in [3.63, 3.8) is 0 Å². The highest BCUT2D eigenvalue weighted by Crippen LogP contribution is 2.22. The average molecular weight is 235 g/mol. The van der Waals surface area contributed by atoms with Crippen LogP contribution < -0.4 is 11.1 Å². The fourth-order valence-electron chi connectivity index (χ4n) is 2.15. The molecule has 2 unspecified atom stereocenters. The predicted molar refractivity (Wildman–Crippen MR) is 64.6 cm³/mol. The first-order valence-corrected chi connectivity index (χ1v) is 5.87. The number of amides is 1. The highest BCUT2D eigenvalue weighted by Gasteiger charge is 2.22. The number of carbonyl (C=O) groups excluding carboxylic acids is 1. The molecule has 2 atom stereocenters. The molecule has 0 saturated heterocycles. The van der Waals surface area contributed by atoms with E-state index in [0.29, 0.717) is 0 Å². The molecule has 0 spiro atoms. The molecule has 4 N–H and O–H groups in total. The number of aromatic nitrogens is 1. The summed E-state index contributed by atoms with van der Waals surface area (Å²) in [5.74, 6) is -0.544. The van der Waals surface area contributed by atoms with Crippen LogP contribution in [0.5, 0.6) is 0 Å². The molecule has 92 valence electrons. The van der Waals surface area contributed by atoms with Crippen molar-refractivity contribution in [1.29, 1.82) is 0 Å². The molecule has 1 fully saturated rings. The number of aliphatic hydroxyl groups is 1. The average Bonchev–Trinajstić information content (AvgIpc) is 2.32. The highest BCUT2D eigenvalue weighted by molar-refractivity contribution is 5.91. The Kier molecular flexibility index (Phi) is 3.58. The number of rotatable bonds is 3. The minimum Gasteiger partial charge on any atom is -0.391 e. The van der Waals surface area contributed by atoms with Crippen molar-refractivity contribution in [3.8, 4) is 0 Å². The summed E-state index contributed by atoms with van der Waals surface area (Å²) in [4.78, 5) is 14.9. The van der Waals surface area contributed by atoms with Crippen LogP contribution in [0.3, 0.4) is 0 Å². The van der Waals surface area contributed by atoms with E-state index in [2.05, 4.69) is 10.3 Å². The molecule has 1 amide bonds. The molecule has 1 heterocycles. The maximum absolute atomic E-state index is 11.0. The van der Waals surface area contributed by atoms with Gasteiger partial charge >= 0.3 is 0 Å². The second-order valence-electron chi connectivity index (χ2n) is 4.40. The van der Waals surface area contributed by atoms with Gasteiger partial charge in [-0.25, -0.2) is 0 Å². The normalized spacial score (nSPS) is 24.3. The van der Waals surface area contributed by atoms with Gasteiger partial charge < -0.3 is 16.2 Å². The first-order chi connectivity index (χ1) is 8.16. The highest BCUT2D eigenvalue weighted by atomic mass is 16.3. The van der Waals surface area contributed by atoms with Gasteiger partial charge in [0.2, 0.25) is 0 Å². The molecule has 0 aromatic carbocycles. The summed E-state index contributed by atoms with van der Waals surface area (Å²) >= 11 is 0. The smallest absolute Gasteiger partial charge is 0.267 e. The summed E-state index contributed by atoms with van der Waals surface area (Å²) in [5, 5.41) is 13.1. The Hall–Kier alpha value is -1.62. The van der Waals surface area contributed by atoms with Crippen molar-refractivity contribution in [2.75, 3.05) is 5.32 Å². The maximum atomic E-state index is 11.0. The number of aliphatic hydroxyl groups excluding tert-OH is 1. The summed E-state index contributed by atoms with van der Waals surface area (Å²) in [5.41, 5.74) is 6.18. The van der Waals surface area contributed by atoms with E-state index in [0.717, 1.165) is 31.4 Å². The Balaban J connectivity index is 2.07. The fraction of sp³-hybridized carbons (Fsp3) is 0.500. The number of nitrogens with one attached hydrogen (secondary N) is 1. The third-order valence-corrected chi connectivity index (χ3v) is 3.09. The molecule has 5 nitrogen and oxygen atoms in total. The number of hydrogen-bond acceptors (Lipinski definition) is 4. The summed E-state index contributed by atoms with van der Waals surface area (Å²) in [6, 6.07) is 3.43. The monoisotopic (exact) mass is 235 g/mol. The molecule has 1 saturated carbocycles. The molecule has 0 bridgehead atoms. The minimum atomic E-state index is -0.544. The van der Waals surface area contributed by atoms with E-state index < -0.39 is 5.91 Å². The van der Waals surface area contributed by atoms with E-state index in [1.54, 1.807) is 12.1 Å². The zero-order valence-electron chi connectivity index (χ0n) is 9.60. The third-order valence-electron chi connectivity index (χ3n) is 3.09. The quantitative estimate of drug-likeness (QED) is 0.726. The first kappa shape index (κ1) is 11.9. The summed E-state index contributed by atoms with van der Waals surface area (Å²) in [7, 11) is 0. The van der Waals surface area contributed by atoms with E-state index >= 15 is 0 Å². The molecule has 0 radical (unpaired) electrons. The van der Waals surface area contributed by atoms with Crippen LogP contribution in [0.25, 0.3) is 0 Å². The van der Waals surface area contributed by atoms with Crippen molar-refractivity contribution >= 4 is 11.6 Å². The summed E-state index contributed by atoms with van der Waals surface area (Å²) in [6.45, 7) is 0.